The Bertz CT molecular complexity index is 1250. The molecule has 150 valence electrons. The van der Waals surface area contributed by atoms with Gasteiger partial charge in [0.05, 0.1) is 24.3 Å². The minimum atomic E-state index is -3.82. The van der Waals surface area contributed by atoms with E-state index < -0.39 is 10.0 Å². The average Bonchev–Trinajstić information content (AvgIpc) is 3.28. The SMILES string of the molecule is CCOc1ccc(S(=O)(=O)Nc2nc3scc(-c4cccc(OC)c4)n3n2)cc1. The number of hydrogen-bond donors (Lipinski definition) is 1. The van der Waals surface area contributed by atoms with Crippen LogP contribution in [0.5, 0.6) is 11.5 Å². The molecule has 2 aromatic carbocycles. The van der Waals surface area contributed by atoms with Crippen LogP contribution in [-0.2, 0) is 10.0 Å². The smallest absolute Gasteiger partial charge is 0.264 e. The molecule has 0 radical (unpaired) electrons. The lowest BCUT2D eigenvalue weighted by atomic mass is 10.2. The fraction of sp³-hybridized carbons (Fsp3) is 0.158. The van der Waals surface area contributed by atoms with E-state index >= 15 is 0 Å². The average molecular weight is 431 g/mol. The Hall–Kier alpha value is -3.11. The number of anilines is 1. The Balaban J connectivity index is 1.62. The van der Waals surface area contributed by atoms with Crippen molar-refractivity contribution < 1.29 is 17.9 Å². The molecule has 0 aliphatic carbocycles. The largest absolute Gasteiger partial charge is 0.497 e. The van der Waals surface area contributed by atoms with Crippen LogP contribution in [0.2, 0.25) is 0 Å². The fourth-order valence-corrected chi connectivity index (χ4v) is 4.54. The van der Waals surface area contributed by atoms with Gasteiger partial charge in [-0.25, -0.2) is 17.7 Å². The molecule has 0 spiro atoms. The van der Waals surface area contributed by atoms with E-state index in [1.807, 2.05) is 36.6 Å². The maximum Gasteiger partial charge on any atom is 0.264 e. The number of thiazole rings is 1. The third-order valence-electron chi connectivity index (χ3n) is 4.12. The van der Waals surface area contributed by atoms with Crippen molar-refractivity contribution in [1.82, 2.24) is 14.6 Å². The van der Waals surface area contributed by atoms with E-state index in [1.165, 1.54) is 23.5 Å². The number of benzene rings is 2. The first-order valence-corrected chi connectivity index (χ1v) is 11.1. The number of nitrogens with one attached hydrogen (secondary N) is 1. The number of hydrogen-bond acceptors (Lipinski definition) is 7. The van der Waals surface area contributed by atoms with E-state index in [0.717, 1.165) is 17.0 Å². The second kappa shape index (κ2) is 7.72. The first kappa shape index (κ1) is 19.2. The normalized spacial score (nSPS) is 11.5. The van der Waals surface area contributed by atoms with Gasteiger partial charge in [-0.05, 0) is 43.3 Å². The zero-order valence-electron chi connectivity index (χ0n) is 15.7. The zero-order valence-corrected chi connectivity index (χ0v) is 17.3. The molecule has 0 fully saturated rings. The van der Waals surface area contributed by atoms with Crippen molar-refractivity contribution in [2.75, 3.05) is 18.4 Å². The van der Waals surface area contributed by atoms with Gasteiger partial charge in [0, 0.05) is 10.9 Å². The first-order chi connectivity index (χ1) is 14.0. The molecule has 0 amide bonds. The molecule has 0 aliphatic rings. The summed E-state index contributed by atoms with van der Waals surface area (Å²) in [6.07, 6.45) is 0. The molecule has 2 heterocycles. The van der Waals surface area contributed by atoms with E-state index in [1.54, 1.807) is 23.8 Å². The topological polar surface area (TPSA) is 94.8 Å². The lowest BCUT2D eigenvalue weighted by molar-refractivity contribution is 0.340. The lowest BCUT2D eigenvalue weighted by Crippen LogP contribution is -2.14. The molecular weight excluding hydrogens is 412 g/mol. The summed E-state index contributed by atoms with van der Waals surface area (Å²) >= 11 is 1.37. The van der Waals surface area contributed by atoms with Gasteiger partial charge in [0.25, 0.3) is 16.0 Å². The Morgan fingerprint density at radius 2 is 1.93 bits per heavy atom. The molecule has 0 bridgehead atoms. The van der Waals surface area contributed by atoms with Crippen LogP contribution < -0.4 is 14.2 Å². The molecule has 0 unspecified atom stereocenters. The summed E-state index contributed by atoms with van der Waals surface area (Å²) in [7, 11) is -2.22. The van der Waals surface area contributed by atoms with Crippen molar-refractivity contribution in [2.24, 2.45) is 0 Å². The lowest BCUT2D eigenvalue weighted by Gasteiger charge is -2.06. The predicted octanol–water partition coefficient (Wildman–Crippen LogP) is 3.67. The van der Waals surface area contributed by atoms with Crippen molar-refractivity contribution in [2.45, 2.75) is 11.8 Å². The van der Waals surface area contributed by atoms with Crippen LogP contribution in [0.4, 0.5) is 5.95 Å². The van der Waals surface area contributed by atoms with E-state index in [-0.39, 0.29) is 10.8 Å². The summed E-state index contributed by atoms with van der Waals surface area (Å²) in [5.74, 6) is 1.34. The fourth-order valence-electron chi connectivity index (χ4n) is 2.77. The van der Waals surface area contributed by atoms with Crippen LogP contribution in [0.25, 0.3) is 16.2 Å². The second-order valence-corrected chi connectivity index (χ2v) is 8.51. The predicted molar refractivity (Wildman–Crippen MR) is 111 cm³/mol. The third-order valence-corrected chi connectivity index (χ3v) is 6.28. The number of aromatic nitrogens is 3. The highest BCUT2D eigenvalue weighted by molar-refractivity contribution is 7.92. The number of methoxy groups -OCH3 is 1. The standard InChI is InChI=1S/C19H18N4O4S2/c1-3-27-14-7-9-16(10-8-14)29(24,25)22-18-20-19-23(21-18)17(12-28-19)13-5-4-6-15(11-13)26-2/h4-12H,3H2,1-2H3,(H,21,22). The van der Waals surface area contributed by atoms with Crippen LogP contribution in [0, 0.1) is 0 Å². The highest BCUT2D eigenvalue weighted by Crippen LogP contribution is 2.28. The monoisotopic (exact) mass is 430 g/mol. The van der Waals surface area contributed by atoms with Crippen LogP contribution in [0.3, 0.4) is 0 Å². The van der Waals surface area contributed by atoms with Crippen LogP contribution in [0.1, 0.15) is 6.92 Å². The maximum atomic E-state index is 12.7. The minimum absolute atomic E-state index is 0.00915. The Morgan fingerprint density at radius 1 is 1.14 bits per heavy atom. The number of rotatable bonds is 7. The number of nitrogens with zero attached hydrogens (tertiary/aromatic N) is 3. The quantitative estimate of drug-likeness (QED) is 0.481. The van der Waals surface area contributed by atoms with E-state index in [2.05, 4.69) is 14.8 Å². The van der Waals surface area contributed by atoms with E-state index in [4.69, 9.17) is 9.47 Å². The molecule has 1 N–H and O–H groups in total. The Labute approximate surface area is 171 Å². The van der Waals surface area contributed by atoms with Crippen LogP contribution in [-0.4, -0.2) is 36.7 Å². The van der Waals surface area contributed by atoms with Gasteiger partial charge < -0.3 is 9.47 Å². The molecule has 4 aromatic rings. The van der Waals surface area contributed by atoms with Gasteiger partial charge in [0.15, 0.2) is 0 Å². The van der Waals surface area contributed by atoms with Gasteiger partial charge in [-0.15, -0.1) is 16.4 Å². The molecule has 10 heteroatoms. The molecule has 0 aliphatic heterocycles. The van der Waals surface area contributed by atoms with E-state index in [9.17, 15) is 8.42 Å². The molecule has 8 nitrogen and oxygen atoms in total. The van der Waals surface area contributed by atoms with Gasteiger partial charge in [0.2, 0.25) is 4.96 Å². The zero-order chi connectivity index (χ0) is 20.4. The summed E-state index contributed by atoms with van der Waals surface area (Å²) in [4.78, 5) is 4.96. The summed E-state index contributed by atoms with van der Waals surface area (Å²) < 4.78 is 40.0. The van der Waals surface area contributed by atoms with Gasteiger partial charge in [0.1, 0.15) is 11.5 Å². The van der Waals surface area contributed by atoms with Crippen molar-refractivity contribution in [3.8, 4) is 22.8 Å². The number of ether oxygens (including phenoxy) is 2. The van der Waals surface area contributed by atoms with Gasteiger partial charge >= 0.3 is 0 Å². The highest BCUT2D eigenvalue weighted by Gasteiger charge is 2.19. The first-order valence-electron chi connectivity index (χ1n) is 8.74. The van der Waals surface area contributed by atoms with Crippen molar-refractivity contribution in [3.05, 3.63) is 53.9 Å². The summed E-state index contributed by atoms with van der Waals surface area (Å²) in [5, 5.41) is 6.23. The van der Waals surface area contributed by atoms with Gasteiger partial charge in [-0.2, -0.15) is 4.98 Å². The van der Waals surface area contributed by atoms with Gasteiger partial charge in [-0.1, -0.05) is 12.1 Å². The van der Waals surface area contributed by atoms with Crippen molar-refractivity contribution in [1.29, 1.82) is 0 Å². The molecule has 0 atom stereocenters. The Morgan fingerprint density at radius 3 is 2.66 bits per heavy atom. The van der Waals surface area contributed by atoms with Gasteiger partial charge in [-0.3, -0.25) is 0 Å². The molecule has 4 rings (SSSR count). The van der Waals surface area contributed by atoms with Crippen molar-refractivity contribution in [3.63, 3.8) is 0 Å². The van der Waals surface area contributed by atoms with E-state index in [0.29, 0.717) is 17.3 Å². The van der Waals surface area contributed by atoms with Crippen molar-refractivity contribution >= 4 is 32.3 Å². The molecular formula is C19H18N4O4S2. The van der Waals surface area contributed by atoms with Crippen LogP contribution in [0.15, 0.2) is 58.8 Å². The highest BCUT2D eigenvalue weighted by atomic mass is 32.2. The Kier molecular flexibility index (Phi) is 5.12. The molecule has 0 saturated heterocycles. The van der Waals surface area contributed by atoms with Crippen LogP contribution >= 0.6 is 11.3 Å². The third kappa shape index (κ3) is 3.89. The summed E-state index contributed by atoms with van der Waals surface area (Å²) in [6, 6.07) is 13.7. The minimum Gasteiger partial charge on any atom is -0.497 e. The summed E-state index contributed by atoms with van der Waals surface area (Å²) in [5.41, 5.74) is 1.68. The molecule has 0 saturated carbocycles. The summed E-state index contributed by atoms with van der Waals surface area (Å²) in [6.45, 7) is 2.37. The molecule has 2 aromatic heterocycles. The number of fused-ring (bicyclic) bond motifs is 1. The number of sulfonamides is 1. The second-order valence-electron chi connectivity index (χ2n) is 5.99. The maximum absolute atomic E-state index is 12.7. The molecule has 29 heavy (non-hydrogen) atoms.